The van der Waals surface area contributed by atoms with Crippen molar-refractivity contribution in [2.45, 2.75) is 13.0 Å². The molecule has 0 aliphatic carbocycles. The Bertz CT molecular complexity index is 643. The zero-order chi connectivity index (χ0) is 16.7. The maximum Gasteiger partial charge on any atom is 0.317 e. The van der Waals surface area contributed by atoms with E-state index in [-0.39, 0.29) is 6.54 Å². The molecule has 0 aliphatic heterocycles. The molecule has 0 aliphatic rings. The summed E-state index contributed by atoms with van der Waals surface area (Å²) < 4.78 is 5.73. The summed E-state index contributed by atoms with van der Waals surface area (Å²) >= 11 is 5.94. The van der Waals surface area contributed by atoms with Crippen molar-refractivity contribution in [3.05, 3.63) is 64.7 Å². The molecule has 0 atom stereocenters. The van der Waals surface area contributed by atoms with Crippen LogP contribution in [0.4, 0.5) is 0 Å². The summed E-state index contributed by atoms with van der Waals surface area (Å²) in [4.78, 5) is 12.4. The van der Waals surface area contributed by atoms with Gasteiger partial charge in [0, 0.05) is 11.6 Å². The van der Waals surface area contributed by atoms with Crippen molar-refractivity contribution in [1.82, 2.24) is 4.90 Å². The van der Waals surface area contributed by atoms with Crippen LogP contribution >= 0.6 is 11.6 Å². The SMILES string of the molecule is CN(CCc1ccc(OCc2cccc(Cl)c2)cc1)CC(=O)O. The number of rotatable bonds is 8. The Labute approximate surface area is 141 Å². The van der Waals surface area contributed by atoms with E-state index in [0.717, 1.165) is 23.3 Å². The first-order valence-electron chi connectivity index (χ1n) is 7.39. The molecule has 0 unspecified atom stereocenters. The molecule has 0 spiro atoms. The summed E-state index contributed by atoms with van der Waals surface area (Å²) in [6.45, 7) is 1.23. The van der Waals surface area contributed by atoms with E-state index in [1.165, 1.54) is 0 Å². The van der Waals surface area contributed by atoms with E-state index in [2.05, 4.69) is 0 Å². The summed E-state index contributed by atoms with van der Waals surface area (Å²) in [5.74, 6) is -0.00937. The highest BCUT2D eigenvalue weighted by Crippen LogP contribution is 2.16. The Morgan fingerprint density at radius 3 is 2.57 bits per heavy atom. The molecule has 23 heavy (non-hydrogen) atoms. The van der Waals surface area contributed by atoms with Crippen LogP contribution in [0.25, 0.3) is 0 Å². The number of likely N-dealkylation sites (N-methyl/N-ethyl adjacent to an activating group) is 1. The van der Waals surface area contributed by atoms with Crippen LogP contribution in [0.3, 0.4) is 0 Å². The van der Waals surface area contributed by atoms with Crippen molar-refractivity contribution < 1.29 is 14.6 Å². The van der Waals surface area contributed by atoms with Gasteiger partial charge in [-0.15, -0.1) is 0 Å². The second kappa shape index (κ2) is 8.56. The first kappa shape index (κ1) is 17.3. The molecule has 1 N–H and O–H groups in total. The lowest BCUT2D eigenvalue weighted by atomic mass is 10.1. The quantitative estimate of drug-likeness (QED) is 0.803. The minimum Gasteiger partial charge on any atom is -0.489 e. The van der Waals surface area contributed by atoms with Gasteiger partial charge in [0.25, 0.3) is 0 Å². The smallest absolute Gasteiger partial charge is 0.317 e. The van der Waals surface area contributed by atoms with Crippen molar-refractivity contribution in [2.75, 3.05) is 20.1 Å². The molecule has 0 bridgehead atoms. The lowest BCUT2D eigenvalue weighted by Crippen LogP contribution is -2.27. The molecule has 0 aromatic heterocycles. The first-order valence-corrected chi connectivity index (χ1v) is 7.77. The monoisotopic (exact) mass is 333 g/mol. The zero-order valence-electron chi connectivity index (χ0n) is 13.0. The second-order valence-electron chi connectivity index (χ2n) is 5.44. The van der Waals surface area contributed by atoms with Crippen LogP contribution in [-0.4, -0.2) is 36.1 Å². The molecule has 2 aromatic rings. The molecule has 0 amide bonds. The van der Waals surface area contributed by atoms with Gasteiger partial charge in [-0.3, -0.25) is 9.69 Å². The third-order valence-corrected chi connectivity index (χ3v) is 3.64. The minimum atomic E-state index is -0.808. The number of hydrogen-bond acceptors (Lipinski definition) is 3. The van der Waals surface area contributed by atoms with Crippen molar-refractivity contribution in [3.63, 3.8) is 0 Å². The van der Waals surface area contributed by atoms with Gasteiger partial charge in [0.15, 0.2) is 0 Å². The highest BCUT2D eigenvalue weighted by atomic mass is 35.5. The maximum atomic E-state index is 10.6. The summed E-state index contributed by atoms with van der Waals surface area (Å²) in [6.07, 6.45) is 0.804. The van der Waals surface area contributed by atoms with E-state index in [1.54, 1.807) is 11.9 Å². The number of benzene rings is 2. The lowest BCUT2D eigenvalue weighted by Gasteiger charge is -2.14. The first-order chi connectivity index (χ1) is 11.0. The highest BCUT2D eigenvalue weighted by Gasteiger charge is 2.04. The van der Waals surface area contributed by atoms with Crippen molar-refractivity contribution in [3.8, 4) is 5.75 Å². The van der Waals surface area contributed by atoms with Crippen molar-refractivity contribution in [1.29, 1.82) is 0 Å². The van der Waals surface area contributed by atoms with Crippen molar-refractivity contribution in [2.24, 2.45) is 0 Å². The molecule has 2 aromatic carbocycles. The second-order valence-corrected chi connectivity index (χ2v) is 5.88. The molecule has 0 radical (unpaired) electrons. The number of aliphatic carboxylic acids is 1. The fraction of sp³-hybridized carbons (Fsp3) is 0.278. The summed E-state index contributed by atoms with van der Waals surface area (Å²) in [7, 11) is 1.80. The molecule has 2 rings (SSSR count). The predicted molar refractivity (Wildman–Crippen MR) is 91.1 cm³/mol. The molecule has 0 heterocycles. The van der Waals surface area contributed by atoms with Crippen LogP contribution in [0.2, 0.25) is 5.02 Å². The van der Waals surface area contributed by atoms with E-state index in [0.29, 0.717) is 18.2 Å². The predicted octanol–water partition coefficient (Wildman–Crippen LogP) is 3.48. The summed E-state index contributed by atoms with van der Waals surface area (Å²) in [5, 5.41) is 9.42. The van der Waals surface area contributed by atoms with Gasteiger partial charge in [0.05, 0.1) is 6.54 Å². The standard InChI is InChI=1S/C18H20ClNO3/c1-20(12-18(21)22)10-9-14-5-7-17(8-6-14)23-13-15-3-2-4-16(19)11-15/h2-8,11H,9-10,12-13H2,1H3,(H,21,22). The van der Waals surface area contributed by atoms with E-state index in [9.17, 15) is 4.79 Å². The van der Waals surface area contributed by atoms with E-state index < -0.39 is 5.97 Å². The van der Waals surface area contributed by atoms with Crippen LogP contribution in [0.15, 0.2) is 48.5 Å². The molecular formula is C18H20ClNO3. The van der Waals surface area contributed by atoms with Gasteiger partial charge < -0.3 is 9.84 Å². The summed E-state index contributed by atoms with van der Waals surface area (Å²) in [5.41, 5.74) is 2.18. The van der Waals surface area contributed by atoms with Crippen LogP contribution in [0.5, 0.6) is 5.75 Å². The largest absolute Gasteiger partial charge is 0.489 e. The maximum absolute atomic E-state index is 10.6. The molecule has 5 heteroatoms. The Hall–Kier alpha value is -2.04. The van der Waals surface area contributed by atoms with Gasteiger partial charge in [-0.25, -0.2) is 0 Å². The number of hydrogen-bond donors (Lipinski definition) is 1. The third kappa shape index (κ3) is 6.30. The average molecular weight is 334 g/mol. The number of halogens is 1. The normalized spacial score (nSPS) is 10.7. The molecule has 4 nitrogen and oxygen atoms in total. The lowest BCUT2D eigenvalue weighted by molar-refractivity contribution is -0.137. The Morgan fingerprint density at radius 2 is 1.91 bits per heavy atom. The van der Waals surface area contributed by atoms with Gasteiger partial charge in [-0.1, -0.05) is 35.9 Å². The van der Waals surface area contributed by atoms with Gasteiger partial charge in [0.2, 0.25) is 0 Å². The number of ether oxygens (including phenoxy) is 1. The number of nitrogens with zero attached hydrogens (tertiary/aromatic N) is 1. The van der Waals surface area contributed by atoms with Gasteiger partial charge >= 0.3 is 5.97 Å². The topological polar surface area (TPSA) is 49.8 Å². The molecule has 0 saturated heterocycles. The Kier molecular flexibility index (Phi) is 6.44. The fourth-order valence-corrected chi connectivity index (χ4v) is 2.39. The highest BCUT2D eigenvalue weighted by molar-refractivity contribution is 6.30. The van der Waals surface area contributed by atoms with Crippen LogP contribution in [0, 0.1) is 0 Å². The minimum absolute atomic E-state index is 0.0564. The van der Waals surface area contributed by atoms with E-state index >= 15 is 0 Å². The van der Waals surface area contributed by atoms with Gasteiger partial charge in [-0.2, -0.15) is 0 Å². The third-order valence-electron chi connectivity index (χ3n) is 3.41. The average Bonchev–Trinajstić information content (AvgIpc) is 2.51. The van der Waals surface area contributed by atoms with Gasteiger partial charge in [0.1, 0.15) is 12.4 Å². The van der Waals surface area contributed by atoms with E-state index in [1.807, 2.05) is 48.5 Å². The van der Waals surface area contributed by atoms with Crippen molar-refractivity contribution >= 4 is 17.6 Å². The molecule has 0 fully saturated rings. The Morgan fingerprint density at radius 1 is 1.17 bits per heavy atom. The molecular weight excluding hydrogens is 314 g/mol. The van der Waals surface area contributed by atoms with Crippen LogP contribution in [0.1, 0.15) is 11.1 Å². The molecule has 0 saturated carbocycles. The van der Waals surface area contributed by atoms with Gasteiger partial charge in [-0.05, 0) is 48.9 Å². The van der Waals surface area contributed by atoms with Crippen LogP contribution in [-0.2, 0) is 17.8 Å². The summed E-state index contributed by atoms with van der Waals surface area (Å²) in [6, 6.07) is 15.4. The number of carboxylic acid groups (broad SMARTS) is 1. The Balaban J connectivity index is 1.81. The van der Waals surface area contributed by atoms with Crippen LogP contribution < -0.4 is 4.74 Å². The van der Waals surface area contributed by atoms with E-state index in [4.69, 9.17) is 21.4 Å². The molecule has 122 valence electrons. The fourth-order valence-electron chi connectivity index (χ4n) is 2.18. The zero-order valence-corrected chi connectivity index (χ0v) is 13.8. The number of carboxylic acids is 1. The number of carbonyl (C=O) groups is 1.